The molecule has 1 fully saturated rings. The van der Waals surface area contributed by atoms with E-state index in [1.807, 2.05) is 29.1 Å². The van der Waals surface area contributed by atoms with Gasteiger partial charge in [0.05, 0.1) is 11.4 Å². The lowest BCUT2D eigenvalue weighted by Gasteiger charge is -2.12. The van der Waals surface area contributed by atoms with E-state index in [9.17, 15) is 0 Å². The molecule has 1 atom stereocenters. The van der Waals surface area contributed by atoms with E-state index in [1.165, 1.54) is 0 Å². The highest BCUT2D eigenvalue weighted by atomic mass is 35.5. The number of hydrogen-bond acceptors (Lipinski definition) is 3. The summed E-state index contributed by atoms with van der Waals surface area (Å²) in [6.45, 7) is 2.96. The van der Waals surface area contributed by atoms with Gasteiger partial charge in [0.15, 0.2) is 0 Å². The summed E-state index contributed by atoms with van der Waals surface area (Å²) in [5.74, 6) is 0. The maximum Gasteiger partial charge on any atom is 0.0769 e. The van der Waals surface area contributed by atoms with Crippen LogP contribution >= 0.6 is 12.4 Å². The first-order valence-corrected chi connectivity index (χ1v) is 6.39. The molecular formula is C14H19ClN4. The normalized spacial score (nSPS) is 19.3. The van der Waals surface area contributed by atoms with Gasteiger partial charge < -0.3 is 5.73 Å². The zero-order valence-corrected chi connectivity index (χ0v) is 11.6. The van der Waals surface area contributed by atoms with Gasteiger partial charge in [-0.1, -0.05) is 18.2 Å². The van der Waals surface area contributed by atoms with Gasteiger partial charge in [0.1, 0.15) is 0 Å². The van der Waals surface area contributed by atoms with Crippen LogP contribution in [-0.2, 0) is 6.54 Å². The molecule has 2 N–H and O–H groups in total. The molecule has 1 aromatic carbocycles. The highest BCUT2D eigenvalue weighted by molar-refractivity contribution is 5.85. The Morgan fingerprint density at radius 2 is 2.00 bits per heavy atom. The molecule has 1 aliphatic rings. The summed E-state index contributed by atoms with van der Waals surface area (Å²) in [6.07, 6.45) is 3.11. The SMILES string of the molecule is Cl.N[C@@H]1CCN(Cc2ccn(-c3ccccc3)n2)C1. The summed E-state index contributed by atoms with van der Waals surface area (Å²) in [7, 11) is 0. The van der Waals surface area contributed by atoms with Crippen LogP contribution in [0.15, 0.2) is 42.6 Å². The van der Waals surface area contributed by atoms with E-state index in [4.69, 9.17) is 5.73 Å². The minimum atomic E-state index is 0. The lowest BCUT2D eigenvalue weighted by molar-refractivity contribution is 0.322. The van der Waals surface area contributed by atoms with Crippen molar-refractivity contribution in [1.82, 2.24) is 14.7 Å². The van der Waals surface area contributed by atoms with Crippen molar-refractivity contribution in [2.75, 3.05) is 13.1 Å². The molecule has 0 saturated carbocycles. The Hall–Kier alpha value is -1.36. The molecule has 0 radical (unpaired) electrons. The van der Waals surface area contributed by atoms with Crippen molar-refractivity contribution in [3.05, 3.63) is 48.3 Å². The number of hydrogen-bond donors (Lipinski definition) is 1. The van der Waals surface area contributed by atoms with Gasteiger partial charge in [-0.3, -0.25) is 4.90 Å². The third kappa shape index (κ3) is 3.35. The minimum Gasteiger partial charge on any atom is -0.326 e. The molecule has 4 nitrogen and oxygen atoms in total. The summed E-state index contributed by atoms with van der Waals surface area (Å²) in [4.78, 5) is 2.36. The first-order valence-electron chi connectivity index (χ1n) is 6.39. The quantitative estimate of drug-likeness (QED) is 0.932. The molecule has 2 aromatic rings. The lowest BCUT2D eigenvalue weighted by atomic mass is 10.3. The van der Waals surface area contributed by atoms with E-state index < -0.39 is 0 Å². The summed E-state index contributed by atoms with van der Waals surface area (Å²) in [5.41, 5.74) is 8.11. The summed E-state index contributed by atoms with van der Waals surface area (Å²) in [6, 6.07) is 12.6. The van der Waals surface area contributed by atoms with Crippen LogP contribution in [0.5, 0.6) is 0 Å². The topological polar surface area (TPSA) is 47.1 Å². The Labute approximate surface area is 119 Å². The van der Waals surface area contributed by atoms with Crippen molar-refractivity contribution in [2.24, 2.45) is 5.73 Å². The molecule has 2 heterocycles. The first kappa shape index (κ1) is 14.1. The predicted molar refractivity (Wildman–Crippen MR) is 78.7 cm³/mol. The number of aromatic nitrogens is 2. The molecule has 0 amide bonds. The Kier molecular flexibility index (Phi) is 4.58. The lowest BCUT2D eigenvalue weighted by Crippen LogP contribution is -2.26. The summed E-state index contributed by atoms with van der Waals surface area (Å²) in [5, 5.41) is 4.60. The van der Waals surface area contributed by atoms with Crippen LogP contribution in [0.25, 0.3) is 5.69 Å². The molecule has 0 aliphatic carbocycles. The fourth-order valence-corrected chi connectivity index (χ4v) is 2.41. The predicted octanol–water partition coefficient (Wildman–Crippen LogP) is 1.83. The molecule has 19 heavy (non-hydrogen) atoms. The highest BCUT2D eigenvalue weighted by Gasteiger charge is 2.19. The van der Waals surface area contributed by atoms with Gasteiger partial charge >= 0.3 is 0 Å². The molecule has 3 rings (SSSR count). The van der Waals surface area contributed by atoms with Gasteiger partial charge in [0.25, 0.3) is 0 Å². The molecule has 1 aromatic heterocycles. The zero-order chi connectivity index (χ0) is 12.4. The molecule has 0 bridgehead atoms. The van der Waals surface area contributed by atoms with Crippen molar-refractivity contribution in [2.45, 2.75) is 19.0 Å². The van der Waals surface area contributed by atoms with Crippen LogP contribution < -0.4 is 5.73 Å². The Bertz CT molecular complexity index is 511. The zero-order valence-electron chi connectivity index (χ0n) is 10.8. The van der Waals surface area contributed by atoms with Gasteiger partial charge in [-0.2, -0.15) is 5.10 Å². The second kappa shape index (κ2) is 6.19. The average molecular weight is 279 g/mol. The molecule has 1 aliphatic heterocycles. The van der Waals surface area contributed by atoms with Crippen molar-refractivity contribution < 1.29 is 0 Å². The summed E-state index contributed by atoms with van der Waals surface area (Å²) >= 11 is 0. The maximum atomic E-state index is 5.91. The number of benzene rings is 1. The van der Waals surface area contributed by atoms with Crippen LogP contribution in [0, 0.1) is 0 Å². The van der Waals surface area contributed by atoms with Crippen LogP contribution in [0.1, 0.15) is 12.1 Å². The van der Waals surface area contributed by atoms with Gasteiger partial charge in [0.2, 0.25) is 0 Å². The Morgan fingerprint density at radius 1 is 1.21 bits per heavy atom. The number of nitrogens with two attached hydrogens (primary N) is 1. The maximum absolute atomic E-state index is 5.91. The van der Waals surface area contributed by atoms with Crippen LogP contribution in [0.3, 0.4) is 0 Å². The fraction of sp³-hybridized carbons (Fsp3) is 0.357. The molecule has 0 spiro atoms. The van der Waals surface area contributed by atoms with Gasteiger partial charge in [-0.25, -0.2) is 4.68 Å². The van der Waals surface area contributed by atoms with E-state index in [2.05, 4.69) is 28.2 Å². The number of likely N-dealkylation sites (tertiary alicyclic amines) is 1. The summed E-state index contributed by atoms with van der Waals surface area (Å²) < 4.78 is 1.92. The molecule has 1 saturated heterocycles. The van der Waals surface area contributed by atoms with E-state index in [-0.39, 0.29) is 12.4 Å². The molecule has 0 unspecified atom stereocenters. The van der Waals surface area contributed by atoms with E-state index in [0.717, 1.165) is 37.4 Å². The molecule has 5 heteroatoms. The van der Waals surface area contributed by atoms with Crippen LogP contribution in [-0.4, -0.2) is 33.8 Å². The van der Waals surface area contributed by atoms with Crippen LogP contribution in [0.4, 0.5) is 0 Å². The van der Waals surface area contributed by atoms with E-state index in [0.29, 0.717) is 6.04 Å². The number of para-hydroxylation sites is 1. The Balaban J connectivity index is 0.00000133. The average Bonchev–Trinajstić information content (AvgIpc) is 3.01. The number of halogens is 1. The standard InChI is InChI=1S/C14H18N4.ClH/c15-12-6-8-17(10-12)11-13-7-9-18(16-13)14-4-2-1-3-5-14;/h1-5,7,9,12H,6,8,10-11,15H2;1H/t12-;/m1./s1. The van der Waals surface area contributed by atoms with Crippen molar-refractivity contribution in [1.29, 1.82) is 0 Å². The van der Waals surface area contributed by atoms with E-state index >= 15 is 0 Å². The van der Waals surface area contributed by atoms with Gasteiger partial charge in [0, 0.05) is 31.9 Å². The number of rotatable bonds is 3. The number of nitrogens with zero attached hydrogens (tertiary/aromatic N) is 3. The fourth-order valence-electron chi connectivity index (χ4n) is 2.41. The monoisotopic (exact) mass is 278 g/mol. The third-order valence-electron chi connectivity index (χ3n) is 3.36. The highest BCUT2D eigenvalue weighted by Crippen LogP contribution is 2.12. The van der Waals surface area contributed by atoms with Crippen molar-refractivity contribution in [3.63, 3.8) is 0 Å². The first-order chi connectivity index (χ1) is 8.81. The largest absolute Gasteiger partial charge is 0.326 e. The van der Waals surface area contributed by atoms with Crippen molar-refractivity contribution in [3.8, 4) is 5.69 Å². The minimum absolute atomic E-state index is 0. The Morgan fingerprint density at radius 3 is 2.68 bits per heavy atom. The van der Waals surface area contributed by atoms with Crippen LogP contribution in [0.2, 0.25) is 0 Å². The molecular weight excluding hydrogens is 260 g/mol. The molecule has 102 valence electrons. The van der Waals surface area contributed by atoms with Gasteiger partial charge in [-0.15, -0.1) is 12.4 Å². The second-order valence-electron chi connectivity index (χ2n) is 4.87. The van der Waals surface area contributed by atoms with E-state index in [1.54, 1.807) is 0 Å². The van der Waals surface area contributed by atoms with Gasteiger partial charge in [-0.05, 0) is 24.6 Å². The van der Waals surface area contributed by atoms with Crippen molar-refractivity contribution >= 4 is 12.4 Å². The smallest absolute Gasteiger partial charge is 0.0769 e. The third-order valence-corrected chi connectivity index (χ3v) is 3.36. The second-order valence-corrected chi connectivity index (χ2v) is 4.87.